The normalized spacial score (nSPS) is 20.4. The summed E-state index contributed by atoms with van der Waals surface area (Å²) in [5, 5.41) is 3.79. The lowest BCUT2D eigenvalue weighted by Gasteiger charge is -2.35. The van der Waals surface area contributed by atoms with E-state index in [1.54, 1.807) is 0 Å². The fourth-order valence-corrected chi connectivity index (χ4v) is 4.33. The van der Waals surface area contributed by atoms with Gasteiger partial charge in [0.05, 0.1) is 6.04 Å². The molecular weight excluding hydrogens is 354 g/mol. The summed E-state index contributed by atoms with van der Waals surface area (Å²) in [6.07, 6.45) is -0.207. The summed E-state index contributed by atoms with van der Waals surface area (Å²) in [5.41, 5.74) is 3.99. The van der Waals surface area contributed by atoms with Crippen LogP contribution in [0.5, 0.6) is 0 Å². The fourth-order valence-electron chi connectivity index (χ4n) is 4.33. The van der Waals surface area contributed by atoms with Crippen LogP contribution in [-0.4, -0.2) is 0 Å². The third-order valence-corrected chi connectivity index (χ3v) is 5.67. The topological polar surface area (TPSA) is 21.3 Å². The van der Waals surface area contributed by atoms with Crippen LogP contribution in [0.4, 0.5) is 0 Å². The van der Waals surface area contributed by atoms with Crippen molar-refractivity contribution in [3.05, 3.63) is 144 Å². The molecule has 142 valence electrons. The molecule has 1 N–H and O–H groups in total. The molecule has 1 aliphatic heterocycles. The minimum Gasteiger partial charge on any atom is -0.341 e. The van der Waals surface area contributed by atoms with Gasteiger partial charge in [0, 0.05) is 0 Å². The number of ether oxygens (including phenoxy) is 1. The van der Waals surface area contributed by atoms with Crippen molar-refractivity contribution in [2.45, 2.75) is 17.9 Å². The van der Waals surface area contributed by atoms with Gasteiger partial charge in [-0.1, -0.05) is 121 Å². The first kappa shape index (κ1) is 17.9. The molecule has 0 bridgehead atoms. The quantitative estimate of drug-likeness (QED) is 0.472. The maximum absolute atomic E-state index is 6.96. The molecule has 2 heteroatoms. The van der Waals surface area contributed by atoms with Gasteiger partial charge in [-0.3, -0.25) is 5.32 Å². The number of benzene rings is 4. The molecule has 5 rings (SSSR count). The molecule has 0 spiro atoms. The average molecular weight is 377 g/mol. The largest absolute Gasteiger partial charge is 0.341 e. The van der Waals surface area contributed by atoms with Crippen LogP contribution in [0.15, 0.2) is 121 Å². The highest BCUT2D eigenvalue weighted by molar-refractivity contribution is 5.44. The molecule has 0 saturated carbocycles. The minimum absolute atomic E-state index is 0.0290. The second-order valence-electron chi connectivity index (χ2n) is 7.39. The highest BCUT2D eigenvalue weighted by atomic mass is 16.5. The second-order valence-corrected chi connectivity index (χ2v) is 7.39. The van der Waals surface area contributed by atoms with Gasteiger partial charge in [-0.25, -0.2) is 0 Å². The Labute approximate surface area is 171 Å². The number of hydrogen-bond acceptors (Lipinski definition) is 2. The molecule has 4 aromatic carbocycles. The molecule has 1 aliphatic rings. The lowest BCUT2D eigenvalue weighted by molar-refractivity contribution is -0.0262. The number of rotatable bonds is 4. The lowest BCUT2D eigenvalue weighted by Crippen LogP contribution is -2.35. The summed E-state index contributed by atoms with van der Waals surface area (Å²) in [4.78, 5) is 0. The molecule has 4 aromatic rings. The minimum atomic E-state index is -0.635. The van der Waals surface area contributed by atoms with Gasteiger partial charge < -0.3 is 4.74 Å². The standard InChI is InChI=1S/C27H23NO/c1-5-13-21(14-6-1)25-27(23-17-9-3-10-18-23,24-19-11-4-12-20-24)29-26(28-25)22-15-7-2-8-16-22/h1-20,25-26,28H/t25-,26-/m0/s1. The molecule has 0 aliphatic carbocycles. The Morgan fingerprint density at radius 2 is 0.931 bits per heavy atom. The first-order chi connectivity index (χ1) is 14.4. The monoisotopic (exact) mass is 377 g/mol. The molecule has 1 saturated heterocycles. The third-order valence-electron chi connectivity index (χ3n) is 5.67. The molecule has 1 fully saturated rings. The highest BCUT2D eigenvalue weighted by Gasteiger charge is 2.51. The molecule has 0 radical (unpaired) electrons. The van der Waals surface area contributed by atoms with Crippen LogP contribution in [0.2, 0.25) is 0 Å². The van der Waals surface area contributed by atoms with Crippen molar-refractivity contribution < 1.29 is 4.74 Å². The molecule has 2 nitrogen and oxygen atoms in total. The zero-order chi connectivity index (χ0) is 19.5. The Morgan fingerprint density at radius 1 is 0.517 bits per heavy atom. The van der Waals surface area contributed by atoms with Gasteiger partial charge in [0.2, 0.25) is 0 Å². The van der Waals surface area contributed by atoms with Crippen molar-refractivity contribution in [3.63, 3.8) is 0 Å². The first-order valence-electron chi connectivity index (χ1n) is 10.0. The van der Waals surface area contributed by atoms with E-state index in [1.807, 2.05) is 6.07 Å². The van der Waals surface area contributed by atoms with E-state index >= 15 is 0 Å². The predicted molar refractivity (Wildman–Crippen MR) is 116 cm³/mol. The Bertz CT molecular complexity index is 1010. The molecule has 1 heterocycles. The Balaban J connectivity index is 1.73. The van der Waals surface area contributed by atoms with E-state index in [1.165, 1.54) is 5.56 Å². The maximum atomic E-state index is 6.96. The summed E-state index contributed by atoms with van der Waals surface area (Å²) in [7, 11) is 0. The summed E-state index contributed by atoms with van der Waals surface area (Å²) in [5.74, 6) is 0. The van der Waals surface area contributed by atoms with Gasteiger partial charge in [0.25, 0.3) is 0 Å². The van der Waals surface area contributed by atoms with E-state index in [0.717, 1.165) is 16.7 Å². The first-order valence-corrected chi connectivity index (χ1v) is 10.0. The molecular formula is C27H23NO. The van der Waals surface area contributed by atoms with Crippen LogP contribution >= 0.6 is 0 Å². The summed E-state index contributed by atoms with van der Waals surface area (Å²) < 4.78 is 6.96. The lowest BCUT2D eigenvalue weighted by atomic mass is 9.78. The van der Waals surface area contributed by atoms with Crippen LogP contribution in [0.1, 0.15) is 34.5 Å². The predicted octanol–water partition coefficient (Wildman–Crippen LogP) is 5.99. The van der Waals surface area contributed by atoms with Crippen molar-refractivity contribution in [3.8, 4) is 0 Å². The van der Waals surface area contributed by atoms with Crippen LogP contribution in [0.3, 0.4) is 0 Å². The smallest absolute Gasteiger partial charge is 0.140 e. The Hall–Kier alpha value is -3.20. The van der Waals surface area contributed by atoms with Gasteiger partial charge >= 0.3 is 0 Å². The Morgan fingerprint density at radius 3 is 1.41 bits per heavy atom. The van der Waals surface area contributed by atoms with E-state index in [4.69, 9.17) is 4.74 Å². The fraction of sp³-hybridized carbons (Fsp3) is 0.111. The van der Waals surface area contributed by atoms with E-state index < -0.39 is 5.60 Å². The van der Waals surface area contributed by atoms with Gasteiger partial charge in [0.15, 0.2) is 0 Å². The van der Waals surface area contributed by atoms with E-state index in [2.05, 4.69) is 121 Å². The van der Waals surface area contributed by atoms with Crippen molar-refractivity contribution >= 4 is 0 Å². The summed E-state index contributed by atoms with van der Waals surface area (Å²) >= 11 is 0. The van der Waals surface area contributed by atoms with E-state index in [0.29, 0.717) is 0 Å². The van der Waals surface area contributed by atoms with Gasteiger partial charge in [0.1, 0.15) is 11.8 Å². The molecule has 0 aromatic heterocycles. The van der Waals surface area contributed by atoms with Gasteiger partial charge in [-0.15, -0.1) is 0 Å². The van der Waals surface area contributed by atoms with E-state index in [9.17, 15) is 0 Å². The van der Waals surface area contributed by atoms with Crippen LogP contribution < -0.4 is 5.32 Å². The highest BCUT2D eigenvalue weighted by Crippen LogP contribution is 2.52. The Kier molecular flexibility index (Phi) is 4.73. The second kappa shape index (κ2) is 7.67. The zero-order valence-corrected chi connectivity index (χ0v) is 16.1. The molecule has 2 atom stereocenters. The average Bonchev–Trinajstić information content (AvgIpc) is 3.23. The third kappa shape index (κ3) is 3.17. The van der Waals surface area contributed by atoms with Gasteiger partial charge in [-0.05, 0) is 22.3 Å². The summed E-state index contributed by atoms with van der Waals surface area (Å²) in [6.45, 7) is 0. The van der Waals surface area contributed by atoms with Crippen molar-refractivity contribution in [2.24, 2.45) is 0 Å². The van der Waals surface area contributed by atoms with Crippen molar-refractivity contribution in [1.82, 2.24) is 5.32 Å². The van der Waals surface area contributed by atoms with Crippen LogP contribution in [-0.2, 0) is 10.3 Å². The van der Waals surface area contributed by atoms with Crippen LogP contribution in [0.25, 0.3) is 0 Å². The zero-order valence-electron chi connectivity index (χ0n) is 16.1. The molecule has 29 heavy (non-hydrogen) atoms. The number of nitrogens with one attached hydrogen (secondary N) is 1. The van der Waals surface area contributed by atoms with Crippen LogP contribution in [0, 0.1) is 0 Å². The van der Waals surface area contributed by atoms with E-state index in [-0.39, 0.29) is 12.3 Å². The SMILES string of the molecule is c1ccc([C@H]2N[C@@H](c3ccccc3)C(c3ccccc3)(c3ccccc3)O2)cc1. The maximum Gasteiger partial charge on any atom is 0.140 e. The molecule has 0 amide bonds. The van der Waals surface area contributed by atoms with Crippen molar-refractivity contribution in [1.29, 1.82) is 0 Å². The van der Waals surface area contributed by atoms with Crippen molar-refractivity contribution in [2.75, 3.05) is 0 Å². The number of hydrogen-bond donors (Lipinski definition) is 1. The summed E-state index contributed by atoms with van der Waals surface area (Å²) in [6, 6.07) is 42.0. The molecule has 0 unspecified atom stereocenters. The van der Waals surface area contributed by atoms with Gasteiger partial charge in [-0.2, -0.15) is 0 Å².